The summed E-state index contributed by atoms with van der Waals surface area (Å²) in [5.74, 6) is -2.96. The summed E-state index contributed by atoms with van der Waals surface area (Å²) in [7, 11) is 2.17. The normalized spacial score (nSPS) is 24.8. The Kier molecular flexibility index (Phi) is 4.80. The van der Waals surface area contributed by atoms with Gasteiger partial charge in [-0.25, -0.2) is 13.2 Å². The van der Waals surface area contributed by atoms with Crippen LogP contribution >= 0.6 is 0 Å². The van der Waals surface area contributed by atoms with Gasteiger partial charge in [-0.2, -0.15) is 0 Å². The number of alkyl halides is 3. The van der Waals surface area contributed by atoms with E-state index in [1.807, 2.05) is 6.55 Å². The molecule has 1 saturated carbocycles. The Bertz CT molecular complexity index is 130. The third-order valence-electron chi connectivity index (χ3n) is 1.41. The predicted octanol–water partition coefficient (Wildman–Crippen LogP) is 1.49. The standard InChI is InChI=1S/C3H3F3.C3H10O2Si/c4-2-1-3(2,5)6;1-4-6(3)5-2/h2H,1H2;6H,1-3H3. The van der Waals surface area contributed by atoms with Crippen LogP contribution in [0.25, 0.3) is 0 Å². The molecule has 6 heteroatoms. The molecule has 0 bridgehead atoms. The first-order valence-electron chi connectivity index (χ1n) is 3.51. The van der Waals surface area contributed by atoms with E-state index in [2.05, 4.69) is 0 Å². The van der Waals surface area contributed by atoms with E-state index >= 15 is 0 Å². The van der Waals surface area contributed by atoms with Crippen molar-refractivity contribution in [2.75, 3.05) is 14.2 Å². The Morgan fingerprint density at radius 3 is 1.58 bits per heavy atom. The lowest BCUT2D eigenvalue weighted by molar-refractivity contribution is 0.0870. The number of hydrogen-bond acceptors (Lipinski definition) is 2. The topological polar surface area (TPSA) is 18.5 Å². The molecule has 0 spiro atoms. The second-order valence-corrected chi connectivity index (χ2v) is 4.55. The van der Waals surface area contributed by atoms with Crippen LogP contribution < -0.4 is 0 Å². The van der Waals surface area contributed by atoms with Crippen molar-refractivity contribution in [1.82, 2.24) is 0 Å². The van der Waals surface area contributed by atoms with Crippen LogP contribution in [0.2, 0.25) is 6.55 Å². The van der Waals surface area contributed by atoms with Gasteiger partial charge in [0.2, 0.25) is 0 Å². The van der Waals surface area contributed by atoms with Crippen LogP contribution in [0.15, 0.2) is 0 Å². The van der Waals surface area contributed by atoms with Gasteiger partial charge in [-0.1, -0.05) is 0 Å². The Hall–Kier alpha value is -0.0731. The second-order valence-electron chi connectivity index (χ2n) is 2.47. The Morgan fingerprint density at radius 2 is 1.58 bits per heavy atom. The molecule has 0 radical (unpaired) electrons. The summed E-state index contributed by atoms with van der Waals surface area (Å²) in [5.41, 5.74) is 0. The molecular formula is C6H13F3O2Si. The lowest BCUT2D eigenvalue weighted by Gasteiger charge is -2.00. The molecule has 1 fully saturated rings. The van der Waals surface area contributed by atoms with Crippen LogP contribution in [0.1, 0.15) is 6.42 Å². The summed E-state index contributed by atoms with van der Waals surface area (Å²) in [6.07, 6.45) is -2.40. The molecule has 0 aromatic rings. The van der Waals surface area contributed by atoms with E-state index in [4.69, 9.17) is 8.85 Å². The smallest absolute Gasteiger partial charge is 0.317 e. The van der Waals surface area contributed by atoms with Gasteiger partial charge < -0.3 is 8.85 Å². The van der Waals surface area contributed by atoms with Gasteiger partial charge in [0.05, 0.1) is 6.42 Å². The van der Waals surface area contributed by atoms with Crippen molar-refractivity contribution in [2.24, 2.45) is 0 Å². The molecule has 1 atom stereocenters. The Morgan fingerprint density at radius 1 is 1.33 bits per heavy atom. The van der Waals surface area contributed by atoms with Gasteiger partial charge in [-0.15, -0.1) is 0 Å². The van der Waals surface area contributed by atoms with Crippen LogP contribution in [0.4, 0.5) is 13.2 Å². The molecule has 0 aliphatic heterocycles. The third kappa shape index (κ3) is 4.73. The van der Waals surface area contributed by atoms with Gasteiger partial charge in [0.15, 0.2) is 6.17 Å². The van der Waals surface area contributed by atoms with Crippen molar-refractivity contribution in [1.29, 1.82) is 0 Å². The van der Waals surface area contributed by atoms with E-state index in [0.717, 1.165) is 0 Å². The van der Waals surface area contributed by atoms with Crippen LogP contribution in [-0.4, -0.2) is 35.6 Å². The van der Waals surface area contributed by atoms with Crippen molar-refractivity contribution in [2.45, 2.75) is 25.1 Å². The summed E-state index contributed by atoms with van der Waals surface area (Å²) in [6.45, 7) is 1.97. The van der Waals surface area contributed by atoms with Crippen LogP contribution in [0.5, 0.6) is 0 Å². The van der Waals surface area contributed by atoms with Crippen molar-refractivity contribution in [3.05, 3.63) is 0 Å². The first-order chi connectivity index (χ1) is 5.44. The summed E-state index contributed by atoms with van der Waals surface area (Å²) in [4.78, 5) is 0. The predicted molar refractivity (Wildman–Crippen MR) is 41.5 cm³/mol. The fraction of sp³-hybridized carbons (Fsp3) is 1.00. The largest absolute Gasteiger partial charge is 0.400 e. The Labute approximate surface area is 71.5 Å². The Balaban J connectivity index is 0.000000202. The van der Waals surface area contributed by atoms with E-state index < -0.39 is 27.8 Å². The summed E-state index contributed by atoms with van der Waals surface area (Å²) in [6, 6.07) is 0. The van der Waals surface area contributed by atoms with Crippen LogP contribution in [-0.2, 0) is 8.85 Å². The molecule has 0 amide bonds. The summed E-state index contributed by atoms with van der Waals surface area (Å²) < 4.78 is 43.1. The first kappa shape index (κ1) is 11.9. The molecule has 1 aliphatic carbocycles. The first-order valence-corrected chi connectivity index (χ1v) is 5.61. The molecular weight excluding hydrogens is 189 g/mol. The van der Waals surface area contributed by atoms with E-state index in [9.17, 15) is 13.2 Å². The quantitative estimate of drug-likeness (QED) is 0.632. The highest BCUT2D eigenvalue weighted by Crippen LogP contribution is 2.44. The average Bonchev–Trinajstić information content (AvgIpc) is 2.56. The summed E-state index contributed by atoms with van der Waals surface area (Å²) >= 11 is 0. The molecule has 1 aliphatic rings. The zero-order valence-corrected chi connectivity index (χ0v) is 8.47. The lowest BCUT2D eigenvalue weighted by Crippen LogP contribution is -2.12. The number of rotatable bonds is 2. The van der Waals surface area contributed by atoms with Gasteiger partial charge in [0, 0.05) is 14.2 Å². The van der Waals surface area contributed by atoms with E-state index in [1.54, 1.807) is 14.2 Å². The minimum Gasteiger partial charge on any atom is -0.400 e. The molecule has 12 heavy (non-hydrogen) atoms. The number of halogens is 3. The maximum Gasteiger partial charge on any atom is 0.317 e. The zero-order valence-electron chi connectivity index (χ0n) is 7.31. The van der Waals surface area contributed by atoms with E-state index in [0.29, 0.717) is 0 Å². The molecule has 0 heterocycles. The minimum atomic E-state index is -2.96. The van der Waals surface area contributed by atoms with Crippen molar-refractivity contribution in [3.63, 3.8) is 0 Å². The average molecular weight is 202 g/mol. The summed E-state index contributed by atoms with van der Waals surface area (Å²) in [5, 5.41) is 0. The monoisotopic (exact) mass is 202 g/mol. The highest BCUT2D eigenvalue weighted by molar-refractivity contribution is 6.42. The maximum atomic E-state index is 11.2. The van der Waals surface area contributed by atoms with Crippen molar-refractivity contribution in [3.8, 4) is 0 Å². The molecule has 1 rings (SSSR count). The molecule has 0 saturated heterocycles. The van der Waals surface area contributed by atoms with Gasteiger partial charge in [-0.3, -0.25) is 0 Å². The maximum absolute atomic E-state index is 11.2. The van der Waals surface area contributed by atoms with Gasteiger partial charge in [0.25, 0.3) is 5.92 Å². The molecule has 0 aromatic heterocycles. The van der Waals surface area contributed by atoms with Crippen LogP contribution in [0, 0.1) is 0 Å². The van der Waals surface area contributed by atoms with Gasteiger partial charge in [0.1, 0.15) is 0 Å². The van der Waals surface area contributed by atoms with E-state index in [-0.39, 0.29) is 0 Å². The number of hydrogen-bond donors (Lipinski definition) is 0. The van der Waals surface area contributed by atoms with Gasteiger partial charge in [-0.05, 0) is 6.55 Å². The SMILES string of the molecule is CO[SiH](C)OC.FC1CC1(F)F. The molecule has 74 valence electrons. The molecule has 0 aromatic carbocycles. The lowest BCUT2D eigenvalue weighted by atomic mass is 10.8. The second kappa shape index (κ2) is 4.83. The minimum absolute atomic E-state index is 0.562. The highest BCUT2D eigenvalue weighted by atomic mass is 28.3. The fourth-order valence-corrected chi connectivity index (χ4v) is 0.469. The molecule has 1 unspecified atom stereocenters. The van der Waals surface area contributed by atoms with Crippen LogP contribution in [0.3, 0.4) is 0 Å². The fourth-order valence-electron chi connectivity index (χ4n) is 0.276. The van der Waals surface area contributed by atoms with Crippen molar-refractivity contribution >= 4 is 9.28 Å². The third-order valence-corrected chi connectivity index (χ3v) is 2.74. The van der Waals surface area contributed by atoms with Crippen molar-refractivity contribution < 1.29 is 22.0 Å². The van der Waals surface area contributed by atoms with E-state index in [1.165, 1.54) is 0 Å². The zero-order chi connectivity index (χ0) is 9.78. The molecule has 0 N–H and O–H groups in total. The highest BCUT2D eigenvalue weighted by Gasteiger charge is 2.58. The molecule has 2 nitrogen and oxygen atoms in total. The van der Waals surface area contributed by atoms with Gasteiger partial charge >= 0.3 is 9.28 Å².